The van der Waals surface area contributed by atoms with Crippen LogP contribution < -0.4 is 10.6 Å². The molecule has 148 valence electrons. The summed E-state index contributed by atoms with van der Waals surface area (Å²) in [5.74, 6) is -1.52. The monoisotopic (exact) mass is 422 g/mol. The lowest BCUT2D eigenvalue weighted by molar-refractivity contribution is -0.147. The van der Waals surface area contributed by atoms with Crippen LogP contribution in [-0.2, 0) is 19.1 Å². The summed E-state index contributed by atoms with van der Waals surface area (Å²) in [7, 11) is 0. The molecule has 8 heteroatoms. The Morgan fingerprint density at radius 3 is 2.25 bits per heavy atom. The van der Waals surface area contributed by atoms with E-state index in [9.17, 15) is 14.4 Å². The molecular weight excluding hydrogens is 403 g/mol. The SMILES string of the molecule is Cc1cc(C)cc(NC(=O)COC(=O)CCC(=O)Nc2cc(Cl)ccc2Cl)c1. The average Bonchev–Trinajstić information content (AvgIpc) is 2.60. The van der Waals surface area contributed by atoms with Crippen LogP contribution in [0.3, 0.4) is 0 Å². The molecule has 0 aliphatic heterocycles. The van der Waals surface area contributed by atoms with Gasteiger partial charge in [0, 0.05) is 17.1 Å². The number of carbonyl (C=O) groups excluding carboxylic acids is 3. The summed E-state index contributed by atoms with van der Waals surface area (Å²) in [5, 5.41) is 6.00. The summed E-state index contributed by atoms with van der Waals surface area (Å²) in [5.41, 5.74) is 3.02. The molecule has 0 aliphatic rings. The summed E-state index contributed by atoms with van der Waals surface area (Å²) in [4.78, 5) is 35.6. The van der Waals surface area contributed by atoms with Crippen LogP contribution in [0.15, 0.2) is 36.4 Å². The molecule has 0 saturated heterocycles. The van der Waals surface area contributed by atoms with Gasteiger partial charge in [-0.15, -0.1) is 0 Å². The zero-order chi connectivity index (χ0) is 20.7. The van der Waals surface area contributed by atoms with Gasteiger partial charge in [-0.25, -0.2) is 0 Å². The number of hydrogen-bond acceptors (Lipinski definition) is 4. The van der Waals surface area contributed by atoms with E-state index in [2.05, 4.69) is 10.6 Å². The zero-order valence-corrected chi connectivity index (χ0v) is 17.0. The van der Waals surface area contributed by atoms with E-state index in [4.69, 9.17) is 27.9 Å². The maximum absolute atomic E-state index is 11.9. The van der Waals surface area contributed by atoms with Gasteiger partial charge in [0.1, 0.15) is 0 Å². The van der Waals surface area contributed by atoms with Crippen molar-refractivity contribution in [3.63, 3.8) is 0 Å². The molecule has 2 amide bonds. The van der Waals surface area contributed by atoms with Crippen LogP contribution in [0.2, 0.25) is 10.0 Å². The van der Waals surface area contributed by atoms with Gasteiger partial charge in [-0.3, -0.25) is 14.4 Å². The molecule has 0 fully saturated rings. The molecule has 0 aliphatic carbocycles. The first kappa shape index (κ1) is 21.7. The number of anilines is 2. The highest BCUT2D eigenvalue weighted by Crippen LogP contribution is 2.25. The number of carbonyl (C=O) groups is 3. The maximum Gasteiger partial charge on any atom is 0.306 e. The number of esters is 1. The van der Waals surface area contributed by atoms with E-state index in [1.165, 1.54) is 6.07 Å². The number of ether oxygens (including phenoxy) is 1. The summed E-state index contributed by atoms with van der Waals surface area (Å²) in [6, 6.07) is 10.3. The Hall–Kier alpha value is -2.57. The average molecular weight is 423 g/mol. The van der Waals surface area contributed by atoms with E-state index in [-0.39, 0.29) is 12.8 Å². The van der Waals surface area contributed by atoms with Crippen molar-refractivity contribution in [2.75, 3.05) is 17.2 Å². The van der Waals surface area contributed by atoms with E-state index >= 15 is 0 Å². The van der Waals surface area contributed by atoms with Gasteiger partial charge in [-0.05, 0) is 55.3 Å². The number of benzene rings is 2. The van der Waals surface area contributed by atoms with Crippen molar-refractivity contribution >= 4 is 52.4 Å². The Bertz CT molecular complexity index is 880. The standard InChI is InChI=1S/C20H20Cl2N2O4/c1-12-7-13(2)9-15(8-12)23-19(26)11-28-20(27)6-5-18(25)24-17-10-14(21)3-4-16(17)22/h3-4,7-10H,5-6,11H2,1-2H3,(H,23,26)(H,24,25). The van der Waals surface area contributed by atoms with E-state index in [1.807, 2.05) is 32.0 Å². The number of hydrogen-bond donors (Lipinski definition) is 2. The first-order chi connectivity index (χ1) is 13.2. The molecule has 0 radical (unpaired) electrons. The fourth-order valence-electron chi connectivity index (χ4n) is 2.48. The molecule has 0 saturated carbocycles. The second-order valence-corrected chi connectivity index (χ2v) is 7.10. The highest BCUT2D eigenvalue weighted by molar-refractivity contribution is 6.35. The maximum atomic E-state index is 11.9. The topological polar surface area (TPSA) is 84.5 Å². The van der Waals surface area contributed by atoms with Crippen LogP contribution in [0.4, 0.5) is 11.4 Å². The number of aryl methyl sites for hydroxylation is 2. The molecule has 0 atom stereocenters. The van der Waals surface area contributed by atoms with Gasteiger partial charge < -0.3 is 15.4 Å². The van der Waals surface area contributed by atoms with Crippen molar-refractivity contribution in [2.45, 2.75) is 26.7 Å². The second-order valence-electron chi connectivity index (χ2n) is 6.26. The van der Waals surface area contributed by atoms with Gasteiger partial charge in [0.25, 0.3) is 5.91 Å². The first-order valence-corrected chi connectivity index (χ1v) is 9.27. The van der Waals surface area contributed by atoms with Gasteiger partial charge in [0.15, 0.2) is 6.61 Å². The van der Waals surface area contributed by atoms with Crippen LogP contribution >= 0.6 is 23.2 Å². The van der Waals surface area contributed by atoms with Crippen molar-refractivity contribution in [1.82, 2.24) is 0 Å². The molecule has 2 N–H and O–H groups in total. The van der Waals surface area contributed by atoms with Crippen molar-refractivity contribution < 1.29 is 19.1 Å². The van der Waals surface area contributed by atoms with Crippen LogP contribution in [-0.4, -0.2) is 24.4 Å². The molecule has 2 rings (SSSR count). The van der Waals surface area contributed by atoms with Crippen molar-refractivity contribution in [3.8, 4) is 0 Å². The minimum absolute atomic E-state index is 0.111. The van der Waals surface area contributed by atoms with Crippen molar-refractivity contribution in [3.05, 3.63) is 57.6 Å². The van der Waals surface area contributed by atoms with Gasteiger partial charge in [0.2, 0.25) is 5.91 Å². The van der Waals surface area contributed by atoms with E-state index in [0.29, 0.717) is 21.4 Å². The highest BCUT2D eigenvalue weighted by Gasteiger charge is 2.12. The lowest BCUT2D eigenvalue weighted by Crippen LogP contribution is -2.22. The van der Waals surface area contributed by atoms with Crippen LogP contribution in [0, 0.1) is 13.8 Å². The Kier molecular flexibility index (Phi) is 7.84. The molecule has 28 heavy (non-hydrogen) atoms. The summed E-state index contributed by atoms with van der Waals surface area (Å²) in [6.07, 6.45) is -0.277. The highest BCUT2D eigenvalue weighted by atomic mass is 35.5. The zero-order valence-electron chi connectivity index (χ0n) is 15.5. The summed E-state index contributed by atoms with van der Waals surface area (Å²) in [6.45, 7) is 3.42. The predicted molar refractivity (Wildman–Crippen MR) is 110 cm³/mol. The fourth-order valence-corrected chi connectivity index (χ4v) is 2.82. The van der Waals surface area contributed by atoms with Crippen LogP contribution in [0.1, 0.15) is 24.0 Å². The molecule has 6 nitrogen and oxygen atoms in total. The lowest BCUT2D eigenvalue weighted by Gasteiger charge is -2.09. The molecule has 0 bridgehead atoms. The lowest BCUT2D eigenvalue weighted by atomic mass is 10.1. The van der Waals surface area contributed by atoms with E-state index in [0.717, 1.165) is 11.1 Å². The van der Waals surface area contributed by atoms with Gasteiger partial charge in [-0.2, -0.15) is 0 Å². The Morgan fingerprint density at radius 2 is 1.57 bits per heavy atom. The predicted octanol–water partition coefficient (Wildman–Crippen LogP) is 4.51. The Balaban J connectivity index is 1.73. The first-order valence-electron chi connectivity index (χ1n) is 8.51. The normalized spacial score (nSPS) is 10.3. The third-order valence-electron chi connectivity index (χ3n) is 3.63. The van der Waals surface area contributed by atoms with Gasteiger partial charge in [-0.1, -0.05) is 29.3 Å². The van der Waals surface area contributed by atoms with E-state index < -0.39 is 24.4 Å². The third kappa shape index (κ3) is 7.21. The van der Waals surface area contributed by atoms with Crippen LogP contribution in [0.25, 0.3) is 0 Å². The third-order valence-corrected chi connectivity index (χ3v) is 4.19. The quantitative estimate of drug-likeness (QED) is 0.642. The van der Waals surface area contributed by atoms with Gasteiger partial charge >= 0.3 is 5.97 Å². The second kappa shape index (κ2) is 10.1. The van der Waals surface area contributed by atoms with E-state index in [1.54, 1.807) is 12.1 Å². The number of amides is 2. The molecular formula is C20H20Cl2N2O4. The van der Waals surface area contributed by atoms with Crippen molar-refractivity contribution in [1.29, 1.82) is 0 Å². The minimum Gasteiger partial charge on any atom is -0.456 e. The smallest absolute Gasteiger partial charge is 0.306 e. The molecule has 2 aromatic carbocycles. The number of halogens is 2. The van der Waals surface area contributed by atoms with Gasteiger partial charge in [0.05, 0.1) is 17.1 Å². The molecule has 0 heterocycles. The summed E-state index contributed by atoms with van der Waals surface area (Å²) < 4.78 is 4.90. The molecule has 2 aromatic rings. The summed E-state index contributed by atoms with van der Waals surface area (Å²) >= 11 is 11.8. The number of nitrogens with one attached hydrogen (secondary N) is 2. The van der Waals surface area contributed by atoms with Crippen LogP contribution in [0.5, 0.6) is 0 Å². The van der Waals surface area contributed by atoms with Crippen molar-refractivity contribution in [2.24, 2.45) is 0 Å². The molecule has 0 aromatic heterocycles. The largest absolute Gasteiger partial charge is 0.456 e. The Morgan fingerprint density at radius 1 is 0.893 bits per heavy atom. The number of rotatable bonds is 7. The molecule has 0 unspecified atom stereocenters. The fraction of sp³-hybridized carbons (Fsp3) is 0.250. The minimum atomic E-state index is -0.650. The molecule has 0 spiro atoms. The Labute approximate surface area is 173 Å².